The first kappa shape index (κ1) is 8.45. The molecule has 2 aromatic rings. The molecule has 0 saturated heterocycles. The second-order valence-corrected chi connectivity index (χ2v) is 3.72. The van der Waals surface area contributed by atoms with Crippen LogP contribution < -0.4 is 4.90 Å². The molecule has 2 heteroatoms. The van der Waals surface area contributed by atoms with Crippen molar-refractivity contribution in [2.24, 2.45) is 0 Å². The Labute approximate surface area is 83.3 Å². The lowest BCUT2D eigenvalue weighted by Gasteiger charge is -2.03. The molecule has 1 nitrogen and oxygen atoms in total. The fourth-order valence-corrected chi connectivity index (χ4v) is 1.91. The Kier molecular flexibility index (Phi) is 1.93. The van der Waals surface area contributed by atoms with Crippen LogP contribution in [0, 0.1) is 4.51 Å². The predicted octanol–water partition coefficient (Wildman–Crippen LogP) is 3.02. The van der Waals surface area contributed by atoms with E-state index in [0.29, 0.717) is 0 Å². The van der Waals surface area contributed by atoms with Gasteiger partial charge in [0.1, 0.15) is 0 Å². The maximum absolute atomic E-state index is 5.23. The van der Waals surface area contributed by atoms with E-state index in [1.54, 1.807) is 0 Å². The number of rotatable bonds is 2. The molecular formula is C11H11NS. The average molecular weight is 189 g/mol. The van der Waals surface area contributed by atoms with Gasteiger partial charge in [0.05, 0.1) is 10.2 Å². The van der Waals surface area contributed by atoms with E-state index in [-0.39, 0.29) is 0 Å². The van der Waals surface area contributed by atoms with Gasteiger partial charge in [-0.25, -0.2) is 0 Å². The van der Waals surface area contributed by atoms with E-state index in [1.807, 2.05) is 32.3 Å². The Morgan fingerprint density at radius 2 is 1.69 bits per heavy atom. The first-order valence-corrected chi connectivity index (χ1v) is 4.64. The largest absolute Gasteiger partial charge is 0.376 e. The lowest BCUT2D eigenvalue weighted by Crippen LogP contribution is -2.04. The number of hydrogen-bond donors (Lipinski definition) is 0. The highest BCUT2D eigenvalue weighted by molar-refractivity contribution is 7.72. The van der Waals surface area contributed by atoms with E-state index in [2.05, 4.69) is 17.0 Å². The summed E-state index contributed by atoms with van der Waals surface area (Å²) in [6.07, 6.45) is 0. The van der Waals surface area contributed by atoms with Gasteiger partial charge in [0.2, 0.25) is 0 Å². The molecule has 0 aromatic heterocycles. The summed E-state index contributed by atoms with van der Waals surface area (Å²) in [5.41, 5.74) is 3.68. The van der Waals surface area contributed by atoms with Crippen LogP contribution in [0.15, 0.2) is 30.3 Å². The average Bonchev–Trinajstić information content (AvgIpc) is 2.79. The Morgan fingerprint density at radius 1 is 1.08 bits per heavy atom. The number of benzene rings is 1. The molecule has 0 aliphatic rings. The highest BCUT2D eigenvalue weighted by Gasteiger charge is 2.20. The first-order chi connectivity index (χ1) is 6.22. The summed E-state index contributed by atoms with van der Waals surface area (Å²) in [6, 6.07) is 10.3. The molecule has 0 spiro atoms. The molecule has 2 rings (SSSR count). The molecule has 0 atom stereocenters. The maximum atomic E-state index is 5.23. The van der Waals surface area contributed by atoms with Crippen molar-refractivity contribution in [3.05, 3.63) is 34.8 Å². The summed E-state index contributed by atoms with van der Waals surface area (Å²) < 4.78 is 1.01. The minimum absolute atomic E-state index is 1.01. The van der Waals surface area contributed by atoms with Gasteiger partial charge in [0, 0.05) is 19.7 Å². The van der Waals surface area contributed by atoms with Gasteiger partial charge < -0.3 is 4.90 Å². The number of hydrogen-bond acceptors (Lipinski definition) is 2. The fraction of sp³-hybridized carbons (Fsp3) is 0.182. The summed E-state index contributed by atoms with van der Waals surface area (Å²) in [5, 5.41) is 0. The normalized spacial score (nSPS) is 10.6. The van der Waals surface area contributed by atoms with Crippen molar-refractivity contribution < 1.29 is 0 Å². The smallest absolute Gasteiger partial charge is 0.0717 e. The number of anilines is 1. The van der Waals surface area contributed by atoms with Crippen molar-refractivity contribution >= 4 is 17.9 Å². The van der Waals surface area contributed by atoms with E-state index >= 15 is 0 Å². The second kappa shape index (κ2) is 2.96. The third kappa shape index (κ3) is 1.38. The molecule has 0 radical (unpaired) electrons. The van der Waals surface area contributed by atoms with E-state index in [0.717, 1.165) is 4.51 Å². The van der Waals surface area contributed by atoms with E-state index in [1.165, 1.54) is 16.8 Å². The highest BCUT2D eigenvalue weighted by Crippen LogP contribution is 2.42. The summed E-state index contributed by atoms with van der Waals surface area (Å²) in [4.78, 5) is 2.07. The van der Waals surface area contributed by atoms with Crippen LogP contribution in [0.25, 0.3) is 11.1 Å². The van der Waals surface area contributed by atoms with Crippen molar-refractivity contribution in [2.45, 2.75) is 0 Å². The topological polar surface area (TPSA) is 3.24 Å². The molecule has 0 heterocycles. The van der Waals surface area contributed by atoms with Crippen LogP contribution in [-0.2, 0) is 0 Å². The predicted molar refractivity (Wildman–Crippen MR) is 59.4 cm³/mol. The Hall–Kier alpha value is -1.15. The molecule has 13 heavy (non-hydrogen) atoms. The Morgan fingerprint density at radius 3 is 2.15 bits per heavy atom. The molecule has 0 aliphatic heterocycles. The van der Waals surface area contributed by atoms with Gasteiger partial charge in [-0.2, -0.15) is 0 Å². The van der Waals surface area contributed by atoms with Gasteiger partial charge in [-0.3, -0.25) is 0 Å². The third-order valence-electron chi connectivity index (χ3n) is 2.13. The molecule has 0 N–H and O–H groups in total. The summed E-state index contributed by atoms with van der Waals surface area (Å²) in [7, 11) is 4.05. The van der Waals surface area contributed by atoms with Gasteiger partial charge in [-0.05, 0) is 5.56 Å². The molecule has 0 saturated carbocycles. The molecule has 0 amide bonds. The standard InChI is InChI=1S/C11H11NS/c1-12(2)10-9(11(10)13)8-6-4-3-5-7-8/h3-7H,1-2H3. The lowest BCUT2D eigenvalue weighted by molar-refractivity contribution is 1.16. The monoisotopic (exact) mass is 189 g/mol. The SMILES string of the molecule is CN(C)c1c(-c2ccccc2)c1=S. The maximum Gasteiger partial charge on any atom is 0.0717 e. The van der Waals surface area contributed by atoms with Crippen LogP contribution in [0.1, 0.15) is 0 Å². The fourth-order valence-electron chi connectivity index (χ4n) is 1.46. The molecule has 66 valence electrons. The van der Waals surface area contributed by atoms with Crippen LogP contribution in [-0.4, -0.2) is 14.1 Å². The van der Waals surface area contributed by atoms with Gasteiger partial charge in [0.15, 0.2) is 0 Å². The molecule has 2 aromatic carbocycles. The minimum Gasteiger partial charge on any atom is -0.376 e. The van der Waals surface area contributed by atoms with Crippen LogP contribution in [0.5, 0.6) is 0 Å². The van der Waals surface area contributed by atoms with Crippen molar-refractivity contribution in [3.8, 4) is 11.1 Å². The highest BCUT2D eigenvalue weighted by atomic mass is 32.1. The van der Waals surface area contributed by atoms with Crippen molar-refractivity contribution in [2.75, 3.05) is 19.0 Å². The van der Waals surface area contributed by atoms with Crippen molar-refractivity contribution in [1.29, 1.82) is 0 Å². The Balaban J connectivity index is 2.39. The summed E-state index contributed by atoms with van der Waals surface area (Å²) in [5.74, 6) is 0. The van der Waals surface area contributed by atoms with E-state index in [9.17, 15) is 0 Å². The minimum atomic E-state index is 1.01. The van der Waals surface area contributed by atoms with Crippen LogP contribution in [0.4, 0.5) is 5.69 Å². The Bertz CT molecular complexity index is 422. The number of nitrogens with zero attached hydrogens (tertiary/aromatic N) is 1. The summed E-state index contributed by atoms with van der Waals surface area (Å²) in [6.45, 7) is 0. The lowest BCUT2D eigenvalue weighted by atomic mass is 10.2. The van der Waals surface area contributed by atoms with Crippen LogP contribution in [0.3, 0.4) is 0 Å². The third-order valence-corrected chi connectivity index (χ3v) is 2.52. The molecule has 0 bridgehead atoms. The van der Waals surface area contributed by atoms with Crippen LogP contribution >= 0.6 is 12.2 Å². The quantitative estimate of drug-likeness (QED) is 0.668. The van der Waals surface area contributed by atoms with Gasteiger partial charge in [-0.1, -0.05) is 42.5 Å². The molecule has 0 unspecified atom stereocenters. The molecule has 0 fully saturated rings. The van der Waals surface area contributed by atoms with Gasteiger partial charge in [0.25, 0.3) is 0 Å². The van der Waals surface area contributed by atoms with E-state index in [4.69, 9.17) is 12.2 Å². The van der Waals surface area contributed by atoms with Crippen molar-refractivity contribution in [3.63, 3.8) is 0 Å². The zero-order valence-corrected chi connectivity index (χ0v) is 8.56. The van der Waals surface area contributed by atoms with E-state index < -0.39 is 0 Å². The molecular weight excluding hydrogens is 178 g/mol. The first-order valence-electron chi connectivity index (χ1n) is 4.23. The second-order valence-electron chi connectivity index (χ2n) is 3.31. The summed E-state index contributed by atoms with van der Waals surface area (Å²) >= 11 is 5.23. The van der Waals surface area contributed by atoms with Gasteiger partial charge >= 0.3 is 0 Å². The zero-order valence-electron chi connectivity index (χ0n) is 7.74. The zero-order chi connectivity index (χ0) is 9.42. The molecule has 0 aliphatic carbocycles. The van der Waals surface area contributed by atoms with Crippen LogP contribution in [0.2, 0.25) is 0 Å². The van der Waals surface area contributed by atoms with Gasteiger partial charge in [-0.15, -0.1) is 0 Å². The van der Waals surface area contributed by atoms with Crippen molar-refractivity contribution in [1.82, 2.24) is 0 Å².